The van der Waals surface area contributed by atoms with Crippen LogP contribution in [0, 0.1) is 0 Å². The average Bonchev–Trinajstić information content (AvgIpc) is 2.54. The molecule has 2 aromatic carbocycles. The third-order valence-electron chi connectivity index (χ3n) is 3.58. The lowest BCUT2D eigenvalue weighted by molar-refractivity contribution is 0.101. The summed E-state index contributed by atoms with van der Waals surface area (Å²) in [6, 6.07) is 19.1. The fourth-order valence-electron chi connectivity index (χ4n) is 2.51. The van der Waals surface area contributed by atoms with E-state index in [2.05, 4.69) is 4.98 Å². The van der Waals surface area contributed by atoms with Gasteiger partial charge >= 0.3 is 0 Å². The van der Waals surface area contributed by atoms with Crippen LogP contribution in [0.2, 0.25) is 10.3 Å². The number of halogens is 2. The number of hydrogen-bond acceptors (Lipinski definition) is 2. The zero-order chi connectivity index (χ0) is 16.4. The van der Waals surface area contributed by atoms with Crippen molar-refractivity contribution in [2.24, 2.45) is 0 Å². The van der Waals surface area contributed by atoms with Gasteiger partial charge in [-0.3, -0.25) is 4.79 Å². The Labute approximate surface area is 144 Å². The number of nitrogens with zero attached hydrogens (tertiary/aromatic N) is 1. The highest BCUT2D eigenvalue weighted by molar-refractivity contribution is 6.32. The molecule has 1 aromatic heterocycles. The number of aromatic nitrogens is 1. The molecule has 114 valence electrons. The van der Waals surface area contributed by atoms with E-state index < -0.39 is 0 Å². The molecule has 0 radical (unpaired) electrons. The van der Waals surface area contributed by atoms with Gasteiger partial charge in [0, 0.05) is 5.56 Å². The lowest BCUT2D eigenvalue weighted by atomic mass is 9.94. The number of rotatable bonds is 3. The van der Waals surface area contributed by atoms with E-state index in [-0.39, 0.29) is 5.78 Å². The van der Waals surface area contributed by atoms with E-state index >= 15 is 0 Å². The summed E-state index contributed by atoms with van der Waals surface area (Å²) in [7, 11) is 0. The van der Waals surface area contributed by atoms with Gasteiger partial charge in [0.1, 0.15) is 10.3 Å². The third-order valence-corrected chi connectivity index (χ3v) is 3.97. The van der Waals surface area contributed by atoms with Gasteiger partial charge in [-0.25, -0.2) is 4.98 Å². The molecule has 23 heavy (non-hydrogen) atoms. The minimum Gasteiger partial charge on any atom is -0.295 e. The van der Waals surface area contributed by atoms with Crippen LogP contribution >= 0.6 is 23.2 Å². The topological polar surface area (TPSA) is 30.0 Å². The van der Waals surface area contributed by atoms with Gasteiger partial charge < -0.3 is 0 Å². The number of carbonyl (C=O) groups is 1. The van der Waals surface area contributed by atoms with Crippen LogP contribution in [0.3, 0.4) is 0 Å². The molecule has 4 heteroatoms. The Hall–Kier alpha value is -2.16. The fraction of sp³-hybridized carbons (Fsp3) is 0.0526. The van der Waals surface area contributed by atoms with Crippen LogP contribution in [-0.2, 0) is 0 Å². The van der Waals surface area contributed by atoms with Crippen molar-refractivity contribution in [1.82, 2.24) is 4.98 Å². The molecule has 0 aliphatic rings. The lowest BCUT2D eigenvalue weighted by Gasteiger charge is -2.11. The van der Waals surface area contributed by atoms with Gasteiger partial charge in [0.15, 0.2) is 5.78 Å². The molecule has 3 aromatic rings. The van der Waals surface area contributed by atoms with E-state index in [1.165, 1.54) is 0 Å². The summed E-state index contributed by atoms with van der Waals surface area (Å²) in [5.74, 6) is 0.0410. The van der Waals surface area contributed by atoms with E-state index in [1.807, 2.05) is 48.5 Å². The molecule has 0 N–H and O–H groups in total. The molecule has 2 nitrogen and oxygen atoms in total. The maximum absolute atomic E-state index is 11.6. The van der Waals surface area contributed by atoms with Crippen molar-refractivity contribution >= 4 is 29.0 Å². The van der Waals surface area contributed by atoms with Crippen molar-refractivity contribution in [2.75, 3.05) is 0 Å². The Morgan fingerprint density at radius 1 is 0.826 bits per heavy atom. The van der Waals surface area contributed by atoms with Crippen LogP contribution in [0.5, 0.6) is 0 Å². The molecule has 0 saturated heterocycles. The van der Waals surface area contributed by atoms with Crippen molar-refractivity contribution in [2.45, 2.75) is 6.92 Å². The van der Waals surface area contributed by atoms with Gasteiger partial charge in [-0.2, -0.15) is 0 Å². The molecule has 0 aliphatic carbocycles. The second-order valence-corrected chi connectivity index (χ2v) is 5.96. The number of ketones is 1. The Morgan fingerprint density at radius 2 is 1.43 bits per heavy atom. The van der Waals surface area contributed by atoms with Gasteiger partial charge in [0.25, 0.3) is 0 Å². The largest absolute Gasteiger partial charge is 0.295 e. The van der Waals surface area contributed by atoms with Gasteiger partial charge in [0.05, 0.1) is 0 Å². The zero-order valence-electron chi connectivity index (χ0n) is 12.4. The zero-order valence-corrected chi connectivity index (χ0v) is 13.9. The molecule has 0 spiro atoms. The maximum atomic E-state index is 11.6. The van der Waals surface area contributed by atoms with Crippen molar-refractivity contribution in [3.8, 4) is 22.3 Å². The predicted octanol–water partition coefficient (Wildman–Crippen LogP) is 5.93. The van der Waals surface area contributed by atoms with Gasteiger partial charge in [-0.1, -0.05) is 65.7 Å². The second-order valence-electron chi connectivity index (χ2n) is 5.18. The summed E-state index contributed by atoms with van der Waals surface area (Å²) in [6.07, 6.45) is 0. The second kappa shape index (κ2) is 6.53. The molecule has 3 rings (SSSR count). The quantitative estimate of drug-likeness (QED) is 0.436. The van der Waals surface area contributed by atoms with Crippen molar-refractivity contribution < 1.29 is 4.79 Å². The molecular formula is C19H13Cl2NO. The first-order valence-electron chi connectivity index (χ1n) is 7.08. The lowest BCUT2D eigenvalue weighted by Crippen LogP contribution is -1.93. The van der Waals surface area contributed by atoms with Gasteiger partial charge in [-0.05, 0) is 47.4 Å². The summed E-state index contributed by atoms with van der Waals surface area (Å²) in [5.41, 5.74) is 4.53. The van der Waals surface area contributed by atoms with E-state index in [1.54, 1.807) is 19.1 Å². The standard InChI is InChI=1S/C19H13Cl2NO/c1-12(23)13-5-4-6-14(9-13)16-7-2-3-8-17(16)15-10-18(20)22-19(21)11-15/h2-11H,1H3. The van der Waals surface area contributed by atoms with Crippen LogP contribution in [0.15, 0.2) is 60.7 Å². The number of Topliss-reactive ketones (excluding diaryl/α,β-unsaturated/α-hetero) is 1. The number of benzene rings is 2. The highest BCUT2D eigenvalue weighted by Gasteiger charge is 2.10. The van der Waals surface area contributed by atoms with Crippen molar-refractivity contribution in [3.05, 3.63) is 76.5 Å². The van der Waals surface area contributed by atoms with E-state index in [0.717, 1.165) is 22.3 Å². The van der Waals surface area contributed by atoms with E-state index in [4.69, 9.17) is 23.2 Å². The van der Waals surface area contributed by atoms with Gasteiger partial charge in [-0.15, -0.1) is 0 Å². The van der Waals surface area contributed by atoms with Gasteiger partial charge in [0.2, 0.25) is 0 Å². The summed E-state index contributed by atoms with van der Waals surface area (Å²) in [5, 5.41) is 0.694. The average molecular weight is 342 g/mol. The SMILES string of the molecule is CC(=O)c1cccc(-c2ccccc2-c2cc(Cl)nc(Cl)c2)c1. The van der Waals surface area contributed by atoms with E-state index in [0.29, 0.717) is 15.9 Å². The maximum Gasteiger partial charge on any atom is 0.159 e. The number of pyridine rings is 1. The monoisotopic (exact) mass is 341 g/mol. The molecule has 0 bridgehead atoms. The van der Waals surface area contributed by atoms with Crippen molar-refractivity contribution in [3.63, 3.8) is 0 Å². The molecular weight excluding hydrogens is 329 g/mol. The highest BCUT2D eigenvalue weighted by atomic mass is 35.5. The molecule has 0 amide bonds. The molecule has 0 saturated carbocycles. The van der Waals surface area contributed by atoms with Crippen molar-refractivity contribution in [1.29, 1.82) is 0 Å². The smallest absolute Gasteiger partial charge is 0.159 e. The van der Waals surface area contributed by atoms with Crippen LogP contribution in [0.1, 0.15) is 17.3 Å². The number of hydrogen-bond donors (Lipinski definition) is 0. The molecule has 0 fully saturated rings. The first kappa shape index (κ1) is 15.7. The number of carbonyl (C=O) groups excluding carboxylic acids is 1. The Balaban J connectivity index is 2.18. The predicted molar refractivity (Wildman–Crippen MR) is 95.1 cm³/mol. The molecule has 0 unspecified atom stereocenters. The third kappa shape index (κ3) is 3.44. The minimum atomic E-state index is 0.0410. The van der Waals surface area contributed by atoms with E-state index in [9.17, 15) is 4.79 Å². The highest BCUT2D eigenvalue weighted by Crippen LogP contribution is 2.34. The first-order valence-corrected chi connectivity index (χ1v) is 7.84. The fourth-order valence-corrected chi connectivity index (χ4v) is 2.97. The van der Waals surface area contributed by atoms with Crippen LogP contribution in [0.25, 0.3) is 22.3 Å². The van der Waals surface area contributed by atoms with Crippen LogP contribution in [0.4, 0.5) is 0 Å². The molecule has 1 heterocycles. The summed E-state index contributed by atoms with van der Waals surface area (Å²) >= 11 is 12.0. The summed E-state index contributed by atoms with van der Waals surface area (Å²) < 4.78 is 0. The molecule has 0 atom stereocenters. The summed E-state index contributed by atoms with van der Waals surface area (Å²) in [6.45, 7) is 1.56. The summed E-state index contributed by atoms with van der Waals surface area (Å²) in [4.78, 5) is 15.6. The Morgan fingerprint density at radius 3 is 2.04 bits per heavy atom. The minimum absolute atomic E-state index is 0.0410. The molecule has 0 aliphatic heterocycles. The first-order chi connectivity index (χ1) is 11.0. The van der Waals surface area contributed by atoms with Crippen LogP contribution < -0.4 is 0 Å². The Bertz CT molecular complexity index is 870. The Kier molecular flexibility index (Phi) is 4.46. The normalized spacial score (nSPS) is 10.6. The van der Waals surface area contributed by atoms with Crippen LogP contribution in [-0.4, -0.2) is 10.8 Å².